The Hall–Kier alpha value is -3.52. The summed E-state index contributed by atoms with van der Waals surface area (Å²) in [6, 6.07) is 10.3. The Bertz CT molecular complexity index is 1220. The number of nitrogens with zero attached hydrogens (tertiary/aromatic N) is 4. The minimum absolute atomic E-state index is 0.0207. The maximum atomic E-state index is 12.7. The minimum Gasteiger partial charge on any atom is -0.332 e. The predicted octanol–water partition coefficient (Wildman–Crippen LogP) is 3.73. The molecule has 0 saturated heterocycles. The topological polar surface area (TPSA) is 98.3 Å². The van der Waals surface area contributed by atoms with Crippen molar-refractivity contribution in [2.24, 2.45) is 7.05 Å². The third kappa shape index (κ3) is 4.23. The fourth-order valence-electron chi connectivity index (χ4n) is 2.99. The Labute approximate surface area is 177 Å². The molecule has 0 aliphatic rings. The van der Waals surface area contributed by atoms with Crippen molar-refractivity contribution in [3.63, 3.8) is 0 Å². The first kappa shape index (κ1) is 21.2. The summed E-state index contributed by atoms with van der Waals surface area (Å²) in [5.41, 5.74) is 0.879. The van der Waals surface area contributed by atoms with Crippen LogP contribution in [0.1, 0.15) is 24.4 Å². The molecule has 3 aromatic rings. The Morgan fingerprint density at radius 2 is 1.93 bits per heavy atom. The third-order valence-electron chi connectivity index (χ3n) is 4.90. The highest BCUT2D eigenvalue weighted by atomic mass is 35.5. The summed E-state index contributed by atoms with van der Waals surface area (Å²) < 4.78 is 1.42. The standard InChI is InChI=1S/C21H19ClN4O4/c1-13(20-23-18-12-15(22)7-10-17(18)21(28)25(20)3)24(2)19(27)11-6-14-4-8-16(9-5-14)26(29)30/h4-13H,1-3H3/b11-6+. The molecule has 0 aliphatic heterocycles. The number of nitro groups is 1. The van der Waals surface area contributed by atoms with Gasteiger partial charge in [0.05, 0.1) is 21.9 Å². The van der Waals surface area contributed by atoms with E-state index in [1.165, 1.54) is 27.7 Å². The number of non-ortho nitro benzene ring substituents is 1. The van der Waals surface area contributed by atoms with Crippen LogP contribution in [-0.4, -0.2) is 32.3 Å². The number of amides is 1. The third-order valence-corrected chi connectivity index (χ3v) is 5.13. The van der Waals surface area contributed by atoms with Crippen molar-refractivity contribution in [1.82, 2.24) is 14.5 Å². The maximum absolute atomic E-state index is 12.7. The first-order valence-corrected chi connectivity index (χ1v) is 9.42. The summed E-state index contributed by atoms with van der Waals surface area (Å²) in [6.45, 7) is 1.77. The van der Waals surface area contributed by atoms with E-state index in [0.29, 0.717) is 27.3 Å². The largest absolute Gasteiger partial charge is 0.332 e. The van der Waals surface area contributed by atoms with Gasteiger partial charge in [-0.25, -0.2) is 4.98 Å². The first-order valence-electron chi connectivity index (χ1n) is 9.04. The van der Waals surface area contributed by atoms with Crippen molar-refractivity contribution < 1.29 is 9.72 Å². The molecule has 1 heterocycles. The normalized spacial score (nSPS) is 12.3. The van der Waals surface area contributed by atoms with Crippen LogP contribution in [0.15, 0.2) is 53.3 Å². The van der Waals surface area contributed by atoms with E-state index in [4.69, 9.17) is 11.6 Å². The number of aromatic nitrogens is 2. The molecule has 154 valence electrons. The molecule has 0 N–H and O–H groups in total. The Kier molecular flexibility index (Phi) is 5.98. The fourth-order valence-corrected chi connectivity index (χ4v) is 3.16. The minimum atomic E-state index is -0.486. The maximum Gasteiger partial charge on any atom is 0.269 e. The fraction of sp³-hybridized carbons (Fsp3) is 0.190. The second-order valence-electron chi connectivity index (χ2n) is 6.80. The molecule has 0 saturated carbocycles. The number of hydrogen-bond donors (Lipinski definition) is 0. The van der Waals surface area contributed by atoms with Crippen molar-refractivity contribution in [3.8, 4) is 0 Å². The first-order chi connectivity index (χ1) is 14.2. The van der Waals surface area contributed by atoms with Crippen molar-refractivity contribution in [3.05, 3.63) is 85.4 Å². The van der Waals surface area contributed by atoms with Crippen molar-refractivity contribution >= 4 is 40.2 Å². The second kappa shape index (κ2) is 8.46. The zero-order valence-corrected chi connectivity index (χ0v) is 17.3. The molecular weight excluding hydrogens is 408 g/mol. The molecule has 1 unspecified atom stereocenters. The Balaban J connectivity index is 1.84. The number of halogens is 1. The van der Waals surface area contributed by atoms with Crippen molar-refractivity contribution in [2.45, 2.75) is 13.0 Å². The average Bonchev–Trinajstić information content (AvgIpc) is 2.73. The van der Waals surface area contributed by atoms with E-state index in [2.05, 4.69) is 4.98 Å². The number of fused-ring (bicyclic) bond motifs is 1. The zero-order chi connectivity index (χ0) is 22.0. The van der Waals surface area contributed by atoms with Gasteiger partial charge in [0.1, 0.15) is 5.82 Å². The molecule has 1 atom stereocenters. The van der Waals surface area contributed by atoms with Gasteiger partial charge in [0.15, 0.2) is 0 Å². The van der Waals surface area contributed by atoms with Crippen LogP contribution in [0.5, 0.6) is 0 Å². The van der Waals surface area contributed by atoms with Gasteiger partial charge in [-0.05, 0) is 48.9 Å². The lowest BCUT2D eigenvalue weighted by molar-refractivity contribution is -0.384. The lowest BCUT2D eigenvalue weighted by Crippen LogP contribution is -2.33. The monoisotopic (exact) mass is 426 g/mol. The van der Waals surface area contributed by atoms with Gasteiger partial charge in [-0.15, -0.1) is 0 Å². The number of rotatable bonds is 5. The lowest BCUT2D eigenvalue weighted by atomic mass is 10.2. The van der Waals surface area contributed by atoms with Gasteiger partial charge in [-0.2, -0.15) is 0 Å². The van der Waals surface area contributed by atoms with E-state index in [0.717, 1.165) is 0 Å². The molecule has 0 spiro atoms. The highest BCUT2D eigenvalue weighted by Gasteiger charge is 2.21. The number of carbonyl (C=O) groups is 1. The Morgan fingerprint density at radius 3 is 2.57 bits per heavy atom. The van der Waals surface area contributed by atoms with Gasteiger partial charge >= 0.3 is 0 Å². The summed E-state index contributed by atoms with van der Waals surface area (Å²) in [4.78, 5) is 41.5. The molecule has 8 nitrogen and oxygen atoms in total. The van der Waals surface area contributed by atoms with E-state index in [1.807, 2.05) is 0 Å². The molecule has 0 aliphatic carbocycles. The smallest absolute Gasteiger partial charge is 0.269 e. The molecular formula is C21H19ClN4O4. The van der Waals surface area contributed by atoms with Crippen LogP contribution in [-0.2, 0) is 11.8 Å². The number of benzene rings is 2. The quantitative estimate of drug-likeness (QED) is 0.351. The van der Waals surface area contributed by atoms with Crippen molar-refractivity contribution in [1.29, 1.82) is 0 Å². The summed E-state index contributed by atoms with van der Waals surface area (Å²) >= 11 is 6.02. The zero-order valence-electron chi connectivity index (χ0n) is 16.6. The highest BCUT2D eigenvalue weighted by molar-refractivity contribution is 6.31. The highest BCUT2D eigenvalue weighted by Crippen LogP contribution is 2.21. The van der Waals surface area contributed by atoms with Gasteiger partial charge in [0.2, 0.25) is 5.91 Å². The van der Waals surface area contributed by atoms with Gasteiger partial charge in [-0.1, -0.05) is 11.6 Å². The van der Waals surface area contributed by atoms with E-state index in [1.54, 1.807) is 57.4 Å². The van der Waals surface area contributed by atoms with E-state index < -0.39 is 11.0 Å². The van der Waals surface area contributed by atoms with Gasteiger partial charge in [-0.3, -0.25) is 24.3 Å². The molecule has 2 aromatic carbocycles. The predicted molar refractivity (Wildman–Crippen MR) is 115 cm³/mol. The van der Waals surface area contributed by atoms with E-state index >= 15 is 0 Å². The molecule has 30 heavy (non-hydrogen) atoms. The van der Waals surface area contributed by atoms with Crippen LogP contribution < -0.4 is 5.56 Å². The van der Waals surface area contributed by atoms with E-state index in [9.17, 15) is 19.7 Å². The number of hydrogen-bond acceptors (Lipinski definition) is 5. The SMILES string of the molecule is CC(c1nc2cc(Cl)ccc2c(=O)n1C)N(C)C(=O)/C=C/c1ccc([N+](=O)[O-])cc1. The summed E-state index contributed by atoms with van der Waals surface area (Å²) in [7, 11) is 3.22. The molecule has 3 rings (SSSR count). The van der Waals surface area contributed by atoms with Crippen LogP contribution >= 0.6 is 11.6 Å². The van der Waals surface area contributed by atoms with Crippen LogP contribution in [0.3, 0.4) is 0 Å². The number of likely N-dealkylation sites (N-methyl/N-ethyl adjacent to an activating group) is 1. The molecule has 0 radical (unpaired) electrons. The van der Waals surface area contributed by atoms with E-state index in [-0.39, 0.29) is 17.2 Å². The van der Waals surface area contributed by atoms with Crippen LogP contribution in [0.4, 0.5) is 5.69 Å². The molecule has 1 amide bonds. The molecule has 0 fully saturated rings. The lowest BCUT2D eigenvalue weighted by Gasteiger charge is -2.25. The van der Waals surface area contributed by atoms with Crippen LogP contribution in [0, 0.1) is 10.1 Å². The van der Waals surface area contributed by atoms with Crippen LogP contribution in [0.25, 0.3) is 17.0 Å². The molecule has 0 bridgehead atoms. The summed E-state index contributed by atoms with van der Waals surface area (Å²) in [5, 5.41) is 11.6. The summed E-state index contributed by atoms with van der Waals surface area (Å²) in [6.07, 6.45) is 2.94. The summed E-state index contributed by atoms with van der Waals surface area (Å²) in [5.74, 6) is 0.121. The molecule has 1 aromatic heterocycles. The van der Waals surface area contributed by atoms with Crippen LogP contribution in [0.2, 0.25) is 5.02 Å². The molecule has 9 heteroatoms. The van der Waals surface area contributed by atoms with Gasteiger partial charge < -0.3 is 4.90 Å². The van der Waals surface area contributed by atoms with Gasteiger partial charge in [0, 0.05) is 37.3 Å². The van der Waals surface area contributed by atoms with Gasteiger partial charge in [0.25, 0.3) is 11.2 Å². The van der Waals surface area contributed by atoms with Crippen molar-refractivity contribution in [2.75, 3.05) is 7.05 Å². The number of carbonyl (C=O) groups excluding carboxylic acids is 1. The average molecular weight is 427 g/mol. The second-order valence-corrected chi connectivity index (χ2v) is 7.24. The Morgan fingerprint density at radius 1 is 1.27 bits per heavy atom. The number of nitro benzene ring substituents is 1.